The number of nitrogens with zero attached hydrogens (tertiary/aromatic N) is 2. The van der Waals surface area contributed by atoms with Crippen LogP contribution >= 0.6 is 0 Å². The summed E-state index contributed by atoms with van der Waals surface area (Å²) in [5.74, 6) is -2.03. The first kappa shape index (κ1) is 15.9. The van der Waals surface area contributed by atoms with E-state index in [0.29, 0.717) is 18.5 Å². The molecule has 1 fully saturated rings. The van der Waals surface area contributed by atoms with Crippen molar-refractivity contribution < 1.29 is 24.4 Å². The molecule has 1 saturated heterocycles. The van der Waals surface area contributed by atoms with Crippen molar-refractivity contribution in [3.63, 3.8) is 0 Å². The molecule has 0 aromatic heterocycles. The number of hydrogen-bond donors (Lipinski definition) is 1. The van der Waals surface area contributed by atoms with Crippen LogP contribution in [0, 0.1) is 10.1 Å². The molecule has 0 spiro atoms. The largest absolute Gasteiger partial charge is 0.481 e. The van der Waals surface area contributed by atoms with Crippen LogP contribution in [0.15, 0.2) is 24.3 Å². The van der Waals surface area contributed by atoms with Crippen LogP contribution < -0.4 is 4.74 Å². The predicted molar refractivity (Wildman–Crippen MR) is 75.0 cm³/mol. The van der Waals surface area contributed by atoms with Gasteiger partial charge in [-0.15, -0.1) is 0 Å². The van der Waals surface area contributed by atoms with Gasteiger partial charge >= 0.3 is 17.6 Å². The molecule has 0 amide bonds. The number of esters is 1. The summed E-state index contributed by atoms with van der Waals surface area (Å²) in [5.41, 5.74) is -1.61. The number of carbonyl (C=O) groups excluding carboxylic acids is 1. The van der Waals surface area contributed by atoms with E-state index in [1.54, 1.807) is 12.1 Å². The molecule has 0 saturated carbocycles. The molecule has 8 nitrogen and oxygen atoms in total. The van der Waals surface area contributed by atoms with Crippen molar-refractivity contribution in [2.24, 2.45) is 0 Å². The van der Waals surface area contributed by atoms with Crippen LogP contribution in [0.3, 0.4) is 0 Å². The molecule has 8 heteroatoms. The molecular weight excluding hydrogens is 292 g/mol. The van der Waals surface area contributed by atoms with Crippen molar-refractivity contribution in [1.29, 1.82) is 0 Å². The molecule has 1 N–H and O–H groups in total. The lowest BCUT2D eigenvalue weighted by Gasteiger charge is -2.25. The number of hydrogen-bond acceptors (Lipinski definition) is 6. The number of likely N-dealkylation sites (N-methyl/N-ethyl adjacent to an activating group) is 1. The van der Waals surface area contributed by atoms with Gasteiger partial charge in [0.1, 0.15) is 5.75 Å². The second-order valence-corrected chi connectivity index (χ2v) is 5.17. The highest BCUT2D eigenvalue weighted by Gasteiger charge is 2.59. The van der Waals surface area contributed by atoms with Gasteiger partial charge < -0.3 is 9.84 Å². The third-order valence-electron chi connectivity index (χ3n) is 3.80. The Labute approximate surface area is 126 Å². The molecule has 0 radical (unpaired) electrons. The van der Waals surface area contributed by atoms with E-state index in [0.717, 1.165) is 0 Å². The average Bonchev–Trinajstić information content (AvgIpc) is 2.83. The number of nitro groups is 1. The molecule has 1 heterocycles. The highest BCUT2D eigenvalue weighted by Crippen LogP contribution is 2.31. The molecule has 1 aromatic rings. The molecule has 1 unspecified atom stereocenters. The second kappa shape index (κ2) is 6.10. The Balaban J connectivity index is 2.28. The van der Waals surface area contributed by atoms with Crippen LogP contribution in [-0.4, -0.2) is 46.1 Å². The van der Waals surface area contributed by atoms with E-state index >= 15 is 0 Å². The minimum Gasteiger partial charge on any atom is -0.481 e. The first-order chi connectivity index (χ1) is 10.4. The van der Waals surface area contributed by atoms with E-state index in [-0.39, 0.29) is 18.6 Å². The molecule has 1 aliphatic heterocycles. The van der Waals surface area contributed by atoms with Crippen molar-refractivity contribution in [1.82, 2.24) is 4.90 Å². The summed E-state index contributed by atoms with van der Waals surface area (Å²) in [6.45, 7) is 0.423. The van der Waals surface area contributed by atoms with Gasteiger partial charge in [0.15, 0.2) is 0 Å². The summed E-state index contributed by atoms with van der Waals surface area (Å²) >= 11 is 0. The molecule has 22 heavy (non-hydrogen) atoms. The van der Waals surface area contributed by atoms with Gasteiger partial charge in [-0.2, -0.15) is 0 Å². The van der Waals surface area contributed by atoms with Crippen LogP contribution in [-0.2, 0) is 16.0 Å². The number of carboxylic acids is 1. The van der Waals surface area contributed by atoms with E-state index in [1.165, 1.54) is 24.1 Å². The van der Waals surface area contributed by atoms with Gasteiger partial charge in [-0.25, -0.2) is 9.69 Å². The van der Waals surface area contributed by atoms with Gasteiger partial charge in [0.2, 0.25) is 0 Å². The van der Waals surface area contributed by atoms with Gasteiger partial charge in [-0.05, 0) is 19.5 Å². The van der Waals surface area contributed by atoms with Crippen molar-refractivity contribution in [3.05, 3.63) is 39.9 Å². The number of para-hydroxylation sites is 1. The predicted octanol–water partition coefficient (Wildman–Crippen LogP) is 0.918. The van der Waals surface area contributed by atoms with Gasteiger partial charge in [0.05, 0.1) is 11.3 Å². The minimum absolute atomic E-state index is 0.0384. The highest BCUT2D eigenvalue weighted by atomic mass is 16.6. The first-order valence-corrected chi connectivity index (χ1v) is 6.75. The molecule has 0 aliphatic carbocycles. The van der Waals surface area contributed by atoms with Gasteiger partial charge in [0, 0.05) is 18.5 Å². The second-order valence-electron chi connectivity index (χ2n) is 5.17. The van der Waals surface area contributed by atoms with Crippen LogP contribution in [0.4, 0.5) is 0 Å². The maximum atomic E-state index is 12.4. The van der Waals surface area contributed by atoms with Gasteiger partial charge in [-0.1, -0.05) is 18.2 Å². The Kier molecular flexibility index (Phi) is 4.41. The van der Waals surface area contributed by atoms with Crippen molar-refractivity contribution in [2.75, 3.05) is 13.6 Å². The summed E-state index contributed by atoms with van der Waals surface area (Å²) in [4.78, 5) is 35.3. The first-order valence-electron chi connectivity index (χ1n) is 6.75. The van der Waals surface area contributed by atoms with Crippen LogP contribution in [0.2, 0.25) is 0 Å². The summed E-state index contributed by atoms with van der Waals surface area (Å²) in [7, 11) is 1.50. The quantitative estimate of drug-likeness (QED) is 0.372. The lowest BCUT2D eigenvalue weighted by molar-refractivity contribution is -0.578. The zero-order chi connectivity index (χ0) is 16.3. The lowest BCUT2D eigenvalue weighted by Crippen LogP contribution is -2.56. The zero-order valence-electron chi connectivity index (χ0n) is 12.0. The Bertz CT molecular complexity index is 617. The fourth-order valence-electron chi connectivity index (χ4n) is 2.60. The fraction of sp³-hybridized carbons (Fsp3) is 0.429. The monoisotopic (exact) mass is 308 g/mol. The smallest absolute Gasteiger partial charge is 0.407 e. The van der Waals surface area contributed by atoms with Crippen molar-refractivity contribution in [3.8, 4) is 5.75 Å². The van der Waals surface area contributed by atoms with Crippen molar-refractivity contribution in [2.45, 2.75) is 24.9 Å². The molecular formula is C14H16N2O6. The van der Waals surface area contributed by atoms with Gasteiger partial charge in [-0.3, -0.25) is 14.9 Å². The fourth-order valence-corrected chi connectivity index (χ4v) is 2.60. The third kappa shape index (κ3) is 2.77. The molecule has 0 bridgehead atoms. The number of likely N-dealkylation sites (tertiary alicyclic amines) is 1. The molecule has 1 atom stereocenters. The normalized spacial score (nSPS) is 21.5. The number of ether oxygens (including phenoxy) is 1. The summed E-state index contributed by atoms with van der Waals surface area (Å²) in [5, 5.41) is 20.3. The molecule has 118 valence electrons. The number of carboxylic acid groups (broad SMARTS) is 1. The van der Waals surface area contributed by atoms with E-state index in [2.05, 4.69) is 0 Å². The van der Waals surface area contributed by atoms with Crippen LogP contribution in [0.5, 0.6) is 5.75 Å². The third-order valence-corrected chi connectivity index (χ3v) is 3.80. The average molecular weight is 308 g/mol. The minimum atomic E-state index is -1.91. The molecule has 2 rings (SSSR count). The molecule has 1 aromatic carbocycles. The summed E-state index contributed by atoms with van der Waals surface area (Å²) in [6.07, 6.45) is 0.255. The van der Waals surface area contributed by atoms with E-state index in [1.807, 2.05) is 0 Å². The van der Waals surface area contributed by atoms with Crippen LogP contribution in [0.25, 0.3) is 0 Å². The maximum absolute atomic E-state index is 12.4. The van der Waals surface area contributed by atoms with E-state index < -0.39 is 22.5 Å². The summed E-state index contributed by atoms with van der Waals surface area (Å²) < 4.78 is 5.18. The number of aliphatic carboxylic acids is 1. The summed E-state index contributed by atoms with van der Waals surface area (Å²) in [6, 6.07) is 6.12. The SMILES string of the molecule is CN1CCCC1(C(=O)Oc1ccccc1CC(=O)O)[N+](=O)[O-]. The highest BCUT2D eigenvalue weighted by molar-refractivity contribution is 5.82. The van der Waals surface area contributed by atoms with E-state index in [9.17, 15) is 19.7 Å². The van der Waals surface area contributed by atoms with E-state index in [4.69, 9.17) is 9.84 Å². The Morgan fingerprint density at radius 1 is 1.45 bits per heavy atom. The number of benzene rings is 1. The zero-order valence-corrected chi connectivity index (χ0v) is 12.0. The maximum Gasteiger partial charge on any atom is 0.407 e. The van der Waals surface area contributed by atoms with Crippen molar-refractivity contribution >= 4 is 11.9 Å². The Morgan fingerprint density at radius 3 is 2.68 bits per heavy atom. The lowest BCUT2D eigenvalue weighted by atomic mass is 10.1. The molecule has 1 aliphatic rings. The Hall–Kier alpha value is -2.48. The topological polar surface area (TPSA) is 110 Å². The standard InChI is InChI=1S/C14H16N2O6/c1-15-8-4-7-14(15,16(20)21)13(19)22-11-6-3-2-5-10(11)9-12(17)18/h2-3,5-6H,4,7-9H2,1H3,(H,17,18). The number of rotatable bonds is 5. The number of carbonyl (C=O) groups is 2. The van der Waals surface area contributed by atoms with Gasteiger partial charge in [0.25, 0.3) is 0 Å². The van der Waals surface area contributed by atoms with Crippen LogP contribution in [0.1, 0.15) is 18.4 Å². The Morgan fingerprint density at radius 2 is 2.14 bits per heavy atom.